The molecule has 3 N–H and O–H groups in total. The van der Waals surface area contributed by atoms with Crippen LogP contribution in [-0.2, 0) is 0 Å². The second-order valence-electron chi connectivity index (χ2n) is 3.51. The van der Waals surface area contributed by atoms with Crippen molar-refractivity contribution in [3.8, 4) is 0 Å². The Kier molecular flexibility index (Phi) is 8.95. The van der Waals surface area contributed by atoms with Crippen LogP contribution < -0.4 is 11.1 Å². The van der Waals surface area contributed by atoms with E-state index in [1.54, 1.807) is 0 Å². The van der Waals surface area contributed by atoms with Crippen molar-refractivity contribution in [1.82, 2.24) is 5.32 Å². The van der Waals surface area contributed by atoms with Crippen LogP contribution in [0, 0.1) is 0 Å². The van der Waals surface area contributed by atoms with Gasteiger partial charge in [-0.1, -0.05) is 32.6 Å². The minimum atomic E-state index is 0.483. The SMILES string of the molecule is CCCCCCCN[C@H](C)CN. The molecule has 0 spiro atoms. The molecular weight excluding hydrogens is 148 g/mol. The van der Waals surface area contributed by atoms with Gasteiger partial charge in [-0.15, -0.1) is 0 Å². The maximum absolute atomic E-state index is 5.47. The quantitative estimate of drug-likeness (QED) is 0.549. The number of hydrogen-bond donors (Lipinski definition) is 2. The van der Waals surface area contributed by atoms with Crippen molar-refractivity contribution in [2.45, 2.75) is 52.0 Å². The summed E-state index contributed by atoms with van der Waals surface area (Å²) in [5, 5.41) is 3.38. The Hall–Kier alpha value is -0.0800. The van der Waals surface area contributed by atoms with Crippen LogP contribution in [0.15, 0.2) is 0 Å². The molecule has 0 amide bonds. The molecule has 74 valence electrons. The molecule has 0 saturated heterocycles. The van der Waals surface area contributed by atoms with Crippen LogP contribution in [0.5, 0.6) is 0 Å². The van der Waals surface area contributed by atoms with Crippen LogP contribution in [0.1, 0.15) is 46.0 Å². The van der Waals surface area contributed by atoms with Crippen molar-refractivity contribution in [3.63, 3.8) is 0 Å². The molecule has 0 heterocycles. The maximum Gasteiger partial charge on any atom is 0.0161 e. The van der Waals surface area contributed by atoms with Gasteiger partial charge < -0.3 is 11.1 Å². The molecule has 0 aromatic rings. The summed E-state index contributed by atoms with van der Waals surface area (Å²) in [5.41, 5.74) is 5.47. The molecule has 0 aromatic heterocycles. The zero-order chi connectivity index (χ0) is 9.23. The Balaban J connectivity index is 2.90. The Labute approximate surface area is 76.9 Å². The van der Waals surface area contributed by atoms with Gasteiger partial charge in [0.15, 0.2) is 0 Å². The highest BCUT2D eigenvalue weighted by Gasteiger charge is 1.95. The summed E-state index contributed by atoms with van der Waals surface area (Å²) in [4.78, 5) is 0. The Morgan fingerprint density at radius 3 is 2.42 bits per heavy atom. The molecule has 0 fully saturated rings. The summed E-state index contributed by atoms with van der Waals surface area (Å²) in [7, 11) is 0. The summed E-state index contributed by atoms with van der Waals surface area (Å²) in [6.07, 6.45) is 6.75. The van der Waals surface area contributed by atoms with E-state index in [0.29, 0.717) is 6.04 Å². The average Bonchev–Trinajstić information content (AvgIpc) is 2.10. The van der Waals surface area contributed by atoms with Crippen LogP contribution in [0.2, 0.25) is 0 Å². The summed E-state index contributed by atoms with van der Waals surface area (Å²) in [5.74, 6) is 0. The molecule has 1 atom stereocenters. The Morgan fingerprint density at radius 1 is 1.17 bits per heavy atom. The second kappa shape index (κ2) is 9.01. The standard InChI is InChI=1S/C10H24N2/c1-3-4-5-6-7-8-12-10(2)9-11/h10,12H,3-9,11H2,1-2H3/t10-/m1/s1. The van der Waals surface area contributed by atoms with Crippen molar-refractivity contribution >= 4 is 0 Å². The van der Waals surface area contributed by atoms with E-state index in [1.807, 2.05) is 0 Å². The van der Waals surface area contributed by atoms with Gasteiger partial charge >= 0.3 is 0 Å². The van der Waals surface area contributed by atoms with Crippen LogP contribution in [0.4, 0.5) is 0 Å². The second-order valence-corrected chi connectivity index (χ2v) is 3.51. The molecule has 12 heavy (non-hydrogen) atoms. The van der Waals surface area contributed by atoms with Crippen molar-refractivity contribution in [3.05, 3.63) is 0 Å². The molecular formula is C10H24N2. The first kappa shape index (κ1) is 11.9. The first-order chi connectivity index (χ1) is 5.81. The lowest BCUT2D eigenvalue weighted by molar-refractivity contribution is 0.521. The highest BCUT2D eigenvalue weighted by Crippen LogP contribution is 2.01. The third-order valence-corrected chi connectivity index (χ3v) is 2.13. The van der Waals surface area contributed by atoms with E-state index in [9.17, 15) is 0 Å². The summed E-state index contributed by atoms with van der Waals surface area (Å²) < 4.78 is 0. The molecule has 0 aliphatic heterocycles. The van der Waals surface area contributed by atoms with E-state index in [2.05, 4.69) is 19.2 Å². The average molecular weight is 172 g/mol. The third kappa shape index (κ3) is 8.02. The van der Waals surface area contributed by atoms with Gasteiger partial charge in [0.05, 0.1) is 0 Å². The fourth-order valence-corrected chi connectivity index (χ4v) is 1.16. The van der Waals surface area contributed by atoms with Gasteiger partial charge in [0.25, 0.3) is 0 Å². The molecule has 0 rings (SSSR count). The largest absolute Gasteiger partial charge is 0.329 e. The highest BCUT2D eigenvalue weighted by atomic mass is 14.9. The van der Waals surface area contributed by atoms with Gasteiger partial charge in [0.2, 0.25) is 0 Å². The first-order valence-corrected chi connectivity index (χ1v) is 5.24. The molecule has 0 bridgehead atoms. The van der Waals surface area contributed by atoms with E-state index >= 15 is 0 Å². The van der Waals surface area contributed by atoms with E-state index in [4.69, 9.17) is 5.73 Å². The molecule has 0 saturated carbocycles. The van der Waals surface area contributed by atoms with Crippen molar-refractivity contribution in [1.29, 1.82) is 0 Å². The van der Waals surface area contributed by atoms with Gasteiger partial charge in [-0.25, -0.2) is 0 Å². The van der Waals surface area contributed by atoms with Crippen LogP contribution in [0.25, 0.3) is 0 Å². The minimum Gasteiger partial charge on any atom is -0.329 e. The lowest BCUT2D eigenvalue weighted by atomic mass is 10.1. The first-order valence-electron chi connectivity index (χ1n) is 5.24. The zero-order valence-corrected chi connectivity index (χ0v) is 8.60. The highest BCUT2D eigenvalue weighted by molar-refractivity contribution is 4.59. The Bertz CT molecular complexity index is 83.9. The van der Waals surface area contributed by atoms with Gasteiger partial charge in [0.1, 0.15) is 0 Å². The number of nitrogens with one attached hydrogen (secondary N) is 1. The number of nitrogens with two attached hydrogens (primary N) is 1. The predicted octanol–water partition coefficient (Wildman–Crippen LogP) is 1.89. The van der Waals surface area contributed by atoms with E-state index in [1.165, 1.54) is 32.1 Å². The van der Waals surface area contributed by atoms with Crippen LogP contribution in [0.3, 0.4) is 0 Å². The lowest BCUT2D eigenvalue weighted by Gasteiger charge is -2.10. The minimum absolute atomic E-state index is 0.483. The van der Waals surface area contributed by atoms with Gasteiger partial charge in [-0.05, 0) is 19.9 Å². The molecule has 2 heteroatoms. The van der Waals surface area contributed by atoms with Crippen molar-refractivity contribution < 1.29 is 0 Å². The topological polar surface area (TPSA) is 38.0 Å². The molecule has 0 aliphatic rings. The fraction of sp³-hybridized carbons (Fsp3) is 1.00. The third-order valence-electron chi connectivity index (χ3n) is 2.13. The van der Waals surface area contributed by atoms with Crippen molar-refractivity contribution in [2.75, 3.05) is 13.1 Å². The number of rotatable bonds is 8. The molecule has 0 aliphatic carbocycles. The van der Waals surface area contributed by atoms with E-state index < -0.39 is 0 Å². The van der Waals surface area contributed by atoms with E-state index in [0.717, 1.165) is 13.1 Å². The van der Waals surface area contributed by atoms with Gasteiger partial charge in [0, 0.05) is 12.6 Å². The summed E-state index contributed by atoms with van der Waals surface area (Å²) in [6, 6.07) is 0.483. The molecule has 2 nitrogen and oxygen atoms in total. The Morgan fingerprint density at radius 2 is 1.83 bits per heavy atom. The van der Waals surface area contributed by atoms with Gasteiger partial charge in [-0.2, -0.15) is 0 Å². The van der Waals surface area contributed by atoms with E-state index in [-0.39, 0.29) is 0 Å². The van der Waals surface area contributed by atoms with Crippen LogP contribution >= 0.6 is 0 Å². The lowest BCUT2D eigenvalue weighted by Crippen LogP contribution is -2.33. The molecule has 0 unspecified atom stereocenters. The van der Waals surface area contributed by atoms with Gasteiger partial charge in [-0.3, -0.25) is 0 Å². The smallest absolute Gasteiger partial charge is 0.0161 e. The fourth-order valence-electron chi connectivity index (χ4n) is 1.16. The normalized spacial score (nSPS) is 13.2. The number of hydrogen-bond acceptors (Lipinski definition) is 2. The maximum atomic E-state index is 5.47. The number of unbranched alkanes of at least 4 members (excludes halogenated alkanes) is 4. The molecule has 0 radical (unpaired) electrons. The summed E-state index contributed by atoms with van der Waals surface area (Å²) >= 11 is 0. The molecule has 0 aromatic carbocycles. The predicted molar refractivity (Wildman–Crippen MR) is 55.3 cm³/mol. The van der Waals surface area contributed by atoms with Crippen molar-refractivity contribution in [2.24, 2.45) is 5.73 Å². The monoisotopic (exact) mass is 172 g/mol. The van der Waals surface area contributed by atoms with Crippen LogP contribution in [-0.4, -0.2) is 19.1 Å². The summed E-state index contributed by atoms with van der Waals surface area (Å²) in [6.45, 7) is 6.25. The zero-order valence-electron chi connectivity index (χ0n) is 8.60.